The molecule has 2 saturated carbocycles. The van der Waals surface area contributed by atoms with Gasteiger partial charge in [0.15, 0.2) is 0 Å². The van der Waals surface area contributed by atoms with Crippen LogP contribution in [0.5, 0.6) is 0 Å². The summed E-state index contributed by atoms with van der Waals surface area (Å²) in [6.45, 7) is 4.29. The summed E-state index contributed by atoms with van der Waals surface area (Å²) in [7, 11) is 0. The van der Waals surface area contributed by atoms with Crippen molar-refractivity contribution >= 4 is 11.8 Å². The van der Waals surface area contributed by atoms with E-state index in [9.17, 15) is 9.59 Å². The lowest BCUT2D eigenvalue weighted by atomic mass is 9.88. The van der Waals surface area contributed by atoms with E-state index in [-0.39, 0.29) is 24.4 Å². The van der Waals surface area contributed by atoms with E-state index in [1.165, 1.54) is 25.7 Å². The molecule has 1 aliphatic heterocycles. The lowest BCUT2D eigenvalue weighted by molar-refractivity contribution is -0.153. The Balaban J connectivity index is 1.79. The second-order valence-corrected chi connectivity index (χ2v) is 6.74. The molecule has 4 nitrogen and oxygen atoms in total. The average molecular weight is 264 g/mol. The van der Waals surface area contributed by atoms with Crippen LogP contribution in [0.25, 0.3) is 0 Å². The van der Waals surface area contributed by atoms with Gasteiger partial charge >= 0.3 is 0 Å². The largest absolute Gasteiger partial charge is 0.340 e. The smallest absolute Gasteiger partial charge is 0.249 e. The molecule has 1 N–H and O–H groups in total. The molecule has 0 aromatic heterocycles. The Labute approximate surface area is 114 Å². The summed E-state index contributed by atoms with van der Waals surface area (Å²) in [5.74, 6) is 1.09. The summed E-state index contributed by atoms with van der Waals surface area (Å²) in [6, 6.07) is 0.208. The Kier molecular flexibility index (Phi) is 3.06. The van der Waals surface area contributed by atoms with Crippen LogP contribution in [0.15, 0.2) is 0 Å². The molecule has 1 heterocycles. The van der Waals surface area contributed by atoms with Gasteiger partial charge in [-0.2, -0.15) is 0 Å². The third kappa shape index (κ3) is 2.15. The molecule has 106 valence electrons. The molecule has 0 aromatic rings. The van der Waals surface area contributed by atoms with E-state index in [0.717, 1.165) is 12.8 Å². The molecule has 19 heavy (non-hydrogen) atoms. The van der Waals surface area contributed by atoms with Crippen molar-refractivity contribution < 1.29 is 9.59 Å². The highest BCUT2D eigenvalue weighted by molar-refractivity contribution is 5.98. The minimum Gasteiger partial charge on any atom is -0.340 e. The predicted molar refractivity (Wildman–Crippen MR) is 72.4 cm³/mol. The number of hydrogen-bond donors (Lipinski definition) is 1. The standard InChI is InChI=1S/C15H24N2O2/c1-10(11-5-3-4-6-11)17-9-13(18)16-15(2,14(17)19)12-7-8-12/h10-12H,3-9H2,1-2H3,(H,16,18). The molecule has 2 aliphatic carbocycles. The predicted octanol–water partition coefficient (Wildman–Crippen LogP) is 1.69. The second kappa shape index (κ2) is 4.50. The number of piperazine rings is 1. The molecule has 3 fully saturated rings. The maximum Gasteiger partial charge on any atom is 0.249 e. The quantitative estimate of drug-likeness (QED) is 0.843. The highest BCUT2D eigenvalue weighted by Gasteiger charge is 2.53. The van der Waals surface area contributed by atoms with Gasteiger partial charge in [0.1, 0.15) is 5.54 Å². The van der Waals surface area contributed by atoms with Crippen molar-refractivity contribution in [3.8, 4) is 0 Å². The molecule has 0 bridgehead atoms. The molecule has 0 radical (unpaired) electrons. The van der Waals surface area contributed by atoms with Gasteiger partial charge in [0.05, 0.1) is 6.54 Å². The van der Waals surface area contributed by atoms with Gasteiger partial charge in [0.25, 0.3) is 0 Å². The number of carbonyl (C=O) groups excluding carboxylic acids is 2. The topological polar surface area (TPSA) is 49.4 Å². The molecule has 3 aliphatic rings. The van der Waals surface area contributed by atoms with Crippen molar-refractivity contribution in [1.29, 1.82) is 0 Å². The molecule has 4 heteroatoms. The van der Waals surface area contributed by atoms with Gasteiger partial charge < -0.3 is 10.2 Å². The second-order valence-electron chi connectivity index (χ2n) is 6.74. The van der Waals surface area contributed by atoms with E-state index in [1.54, 1.807) is 0 Å². The first-order chi connectivity index (χ1) is 9.02. The monoisotopic (exact) mass is 264 g/mol. The van der Waals surface area contributed by atoms with Crippen LogP contribution in [0.1, 0.15) is 52.4 Å². The number of amides is 2. The number of hydrogen-bond acceptors (Lipinski definition) is 2. The van der Waals surface area contributed by atoms with Gasteiger partial charge in [-0.3, -0.25) is 9.59 Å². The Morgan fingerprint density at radius 2 is 1.84 bits per heavy atom. The number of carbonyl (C=O) groups is 2. The summed E-state index contributed by atoms with van der Waals surface area (Å²) in [5, 5.41) is 2.95. The van der Waals surface area contributed by atoms with E-state index in [4.69, 9.17) is 0 Å². The van der Waals surface area contributed by atoms with E-state index in [2.05, 4.69) is 12.2 Å². The fourth-order valence-electron chi connectivity index (χ4n) is 3.87. The van der Waals surface area contributed by atoms with Crippen molar-refractivity contribution in [1.82, 2.24) is 10.2 Å². The van der Waals surface area contributed by atoms with Crippen molar-refractivity contribution in [2.75, 3.05) is 6.54 Å². The Bertz CT molecular complexity index is 399. The molecule has 2 amide bonds. The lowest BCUT2D eigenvalue weighted by Crippen LogP contribution is -2.68. The summed E-state index contributed by atoms with van der Waals surface area (Å²) in [6.07, 6.45) is 7.06. The van der Waals surface area contributed by atoms with Gasteiger partial charge in [-0.25, -0.2) is 0 Å². The third-order valence-electron chi connectivity index (χ3n) is 5.39. The van der Waals surface area contributed by atoms with Gasteiger partial charge in [0.2, 0.25) is 11.8 Å². The number of nitrogens with one attached hydrogen (secondary N) is 1. The fraction of sp³-hybridized carbons (Fsp3) is 0.867. The molecule has 2 unspecified atom stereocenters. The minimum atomic E-state index is -0.637. The van der Waals surface area contributed by atoms with E-state index in [1.807, 2.05) is 11.8 Å². The van der Waals surface area contributed by atoms with Gasteiger partial charge in [-0.05, 0) is 51.4 Å². The highest BCUT2D eigenvalue weighted by Crippen LogP contribution is 2.42. The number of nitrogens with zero attached hydrogens (tertiary/aromatic N) is 1. The Morgan fingerprint density at radius 1 is 1.21 bits per heavy atom. The van der Waals surface area contributed by atoms with Crippen LogP contribution in [0.4, 0.5) is 0 Å². The van der Waals surface area contributed by atoms with Crippen LogP contribution in [0.3, 0.4) is 0 Å². The van der Waals surface area contributed by atoms with Crippen molar-refractivity contribution in [3.05, 3.63) is 0 Å². The molecular weight excluding hydrogens is 240 g/mol. The molecule has 3 rings (SSSR count). The van der Waals surface area contributed by atoms with Gasteiger partial charge in [0, 0.05) is 6.04 Å². The zero-order valence-electron chi connectivity index (χ0n) is 11.9. The van der Waals surface area contributed by atoms with Crippen LogP contribution in [-0.4, -0.2) is 34.8 Å². The molecule has 2 atom stereocenters. The van der Waals surface area contributed by atoms with Crippen LogP contribution in [0.2, 0.25) is 0 Å². The van der Waals surface area contributed by atoms with Crippen molar-refractivity contribution in [2.45, 2.75) is 64.0 Å². The lowest BCUT2D eigenvalue weighted by Gasteiger charge is -2.44. The highest BCUT2D eigenvalue weighted by atomic mass is 16.2. The van der Waals surface area contributed by atoms with E-state index < -0.39 is 5.54 Å². The molecular formula is C15H24N2O2. The number of rotatable bonds is 3. The SMILES string of the molecule is CC(C1CCCC1)N1CC(=O)NC(C)(C2CC2)C1=O. The van der Waals surface area contributed by atoms with Crippen molar-refractivity contribution in [2.24, 2.45) is 11.8 Å². The summed E-state index contributed by atoms with van der Waals surface area (Å²) in [4.78, 5) is 26.6. The maximum absolute atomic E-state index is 12.8. The Morgan fingerprint density at radius 3 is 2.42 bits per heavy atom. The Hall–Kier alpha value is -1.06. The minimum absolute atomic E-state index is 0.0128. The van der Waals surface area contributed by atoms with Crippen LogP contribution in [-0.2, 0) is 9.59 Å². The average Bonchev–Trinajstić information content (AvgIpc) is 3.10. The van der Waals surface area contributed by atoms with Gasteiger partial charge in [-0.15, -0.1) is 0 Å². The van der Waals surface area contributed by atoms with E-state index >= 15 is 0 Å². The fourth-order valence-corrected chi connectivity index (χ4v) is 3.87. The zero-order chi connectivity index (χ0) is 13.6. The molecule has 0 spiro atoms. The first-order valence-electron chi connectivity index (χ1n) is 7.64. The van der Waals surface area contributed by atoms with Gasteiger partial charge in [-0.1, -0.05) is 12.8 Å². The zero-order valence-corrected chi connectivity index (χ0v) is 11.9. The van der Waals surface area contributed by atoms with Crippen molar-refractivity contribution in [3.63, 3.8) is 0 Å². The molecule has 1 saturated heterocycles. The summed E-state index contributed by atoms with van der Waals surface area (Å²) >= 11 is 0. The summed E-state index contributed by atoms with van der Waals surface area (Å²) in [5.41, 5.74) is -0.637. The maximum atomic E-state index is 12.8. The molecule has 0 aromatic carbocycles. The first kappa shape index (κ1) is 12.9. The normalized spacial score (nSPS) is 34.5. The van der Waals surface area contributed by atoms with Crippen LogP contribution >= 0.6 is 0 Å². The van der Waals surface area contributed by atoms with Crippen LogP contribution in [0, 0.1) is 11.8 Å². The van der Waals surface area contributed by atoms with E-state index in [0.29, 0.717) is 11.8 Å². The van der Waals surface area contributed by atoms with Crippen LogP contribution < -0.4 is 5.32 Å². The summed E-state index contributed by atoms with van der Waals surface area (Å²) < 4.78 is 0. The third-order valence-corrected chi connectivity index (χ3v) is 5.39. The first-order valence-corrected chi connectivity index (χ1v) is 7.64.